The molecule has 1 heterocycles. The van der Waals surface area contributed by atoms with Crippen LogP contribution >= 0.6 is 0 Å². The SMILES string of the molecule is COC(=O)c1ccc(COC(CN2CCN(C(=O)c3ccccc3OC)CC2)c2cccc(OC)c2)cc1. The third-order valence-corrected chi connectivity index (χ3v) is 6.71. The van der Waals surface area contributed by atoms with Gasteiger partial charge in [-0.1, -0.05) is 36.4 Å². The molecule has 3 aromatic carbocycles. The van der Waals surface area contributed by atoms with Gasteiger partial charge in [0.1, 0.15) is 11.5 Å². The summed E-state index contributed by atoms with van der Waals surface area (Å²) >= 11 is 0. The summed E-state index contributed by atoms with van der Waals surface area (Å²) in [7, 11) is 4.60. The van der Waals surface area contributed by atoms with Crippen LogP contribution in [0.3, 0.4) is 0 Å². The monoisotopic (exact) mass is 518 g/mol. The van der Waals surface area contributed by atoms with Crippen molar-refractivity contribution in [3.05, 3.63) is 95.1 Å². The van der Waals surface area contributed by atoms with Gasteiger partial charge in [-0.15, -0.1) is 0 Å². The molecule has 1 aliphatic heterocycles. The van der Waals surface area contributed by atoms with Crippen molar-refractivity contribution in [3.63, 3.8) is 0 Å². The lowest BCUT2D eigenvalue weighted by molar-refractivity contribution is 0.00329. The molecule has 0 saturated carbocycles. The second-order valence-electron chi connectivity index (χ2n) is 9.06. The van der Waals surface area contributed by atoms with E-state index in [9.17, 15) is 9.59 Å². The quantitative estimate of drug-likeness (QED) is 0.372. The van der Waals surface area contributed by atoms with Gasteiger partial charge in [-0.3, -0.25) is 9.69 Å². The van der Waals surface area contributed by atoms with Crippen molar-refractivity contribution in [3.8, 4) is 11.5 Å². The zero-order chi connectivity index (χ0) is 26.9. The first-order valence-electron chi connectivity index (χ1n) is 12.6. The zero-order valence-corrected chi connectivity index (χ0v) is 22.1. The molecule has 3 aromatic rings. The summed E-state index contributed by atoms with van der Waals surface area (Å²) < 4.78 is 22.0. The molecule has 38 heavy (non-hydrogen) atoms. The number of rotatable bonds is 10. The Morgan fingerprint density at radius 1 is 0.842 bits per heavy atom. The smallest absolute Gasteiger partial charge is 0.337 e. The van der Waals surface area contributed by atoms with Crippen LogP contribution in [0.15, 0.2) is 72.8 Å². The number of nitrogens with zero attached hydrogens (tertiary/aromatic N) is 2. The van der Waals surface area contributed by atoms with Crippen LogP contribution in [0.2, 0.25) is 0 Å². The molecule has 1 saturated heterocycles. The van der Waals surface area contributed by atoms with Crippen molar-refractivity contribution in [2.75, 3.05) is 54.1 Å². The highest BCUT2D eigenvalue weighted by Crippen LogP contribution is 2.26. The number of esters is 1. The Balaban J connectivity index is 1.41. The van der Waals surface area contributed by atoms with E-state index in [4.69, 9.17) is 18.9 Å². The average Bonchev–Trinajstić information content (AvgIpc) is 2.99. The second-order valence-corrected chi connectivity index (χ2v) is 9.06. The molecule has 0 aromatic heterocycles. The number of hydrogen-bond acceptors (Lipinski definition) is 7. The Morgan fingerprint density at radius 3 is 2.26 bits per heavy atom. The van der Waals surface area contributed by atoms with Crippen LogP contribution in [0.4, 0.5) is 0 Å². The lowest BCUT2D eigenvalue weighted by Gasteiger charge is -2.36. The maximum absolute atomic E-state index is 13.1. The van der Waals surface area contributed by atoms with Crippen molar-refractivity contribution in [1.82, 2.24) is 9.80 Å². The fraction of sp³-hybridized carbons (Fsp3) is 0.333. The van der Waals surface area contributed by atoms with Gasteiger partial charge in [-0.2, -0.15) is 0 Å². The van der Waals surface area contributed by atoms with Gasteiger partial charge in [0.2, 0.25) is 0 Å². The maximum atomic E-state index is 13.1. The van der Waals surface area contributed by atoms with Crippen molar-refractivity contribution < 1.29 is 28.5 Å². The van der Waals surface area contributed by atoms with Crippen LogP contribution in [-0.4, -0.2) is 75.7 Å². The fourth-order valence-electron chi connectivity index (χ4n) is 4.51. The molecular formula is C30H34N2O6. The Hall–Kier alpha value is -3.88. The maximum Gasteiger partial charge on any atom is 0.337 e. The van der Waals surface area contributed by atoms with Crippen LogP contribution in [0.1, 0.15) is 37.9 Å². The van der Waals surface area contributed by atoms with E-state index in [2.05, 4.69) is 4.90 Å². The Kier molecular flexibility index (Phi) is 9.35. The normalized spacial score (nSPS) is 14.6. The van der Waals surface area contributed by atoms with Gasteiger partial charge in [-0.05, 0) is 47.5 Å². The Labute approximate surface area is 223 Å². The Morgan fingerprint density at radius 2 is 1.58 bits per heavy atom. The molecule has 4 rings (SSSR count). The minimum Gasteiger partial charge on any atom is -0.497 e. The molecule has 1 amide bonds. The highest BCUT2D eigenvalue weighted by atomic mass is 16.5. The van der Waals surface area contributed by atoms with Gasteiger partial charge >= 0.3 is 5.97 Å². The van der Waals surface area contributed by atoms with Crippen LogP contribution in [0.25, 0.3) is 0 Å². The summed E-state index contributed by atoms with van der Waals surface area (Å²) in [6.07, 6.45) is -0.207. The number of benzene rings is 3. The van der Waals surface area contributed by atoms with E-state index in [0.29, 0.717) is 43.1 Å². The highest BCUT2D eigenvalue weighted by Gasteiger charge is 2.26. The number of para-hydroxylation sites is 1. The number of piperazine rings is 1. The summed E-state index contributed by atoms with van der Waals surface area (Å²) in [6.45, 7) is 3.77. The molecule has 8 heteroatoms. The van der Waals surface area contributed by atoms with Crippen LogP contribution < -0.4 is 9.47 Å². The van der Waals surface area contributed by atoms with E-state index in [1.165, 1.54) is 7.11 Å². The summed E-state index contributed by atoms with van der Waals surface area (Å²) in [4.78, 5) is 29.0. The molecule has 200 valence electrons. The molecule has 0 spiro atoms. The summed E-state index contributed by atoms with van der Waals surface area (Å²) in [5.41, 5.74) is 3.06. The van der Waals surface area contributed by atoms with Crippen LogP contribution in [-0.2, 0) is 16.1 Å². The van der Waals surface area contributed by atoms with E-state index in [-0.39, 0.29) is 18.0 Å². The molecule has 1 atom stereocenters. The third-order valence-electron chi connectivity index (χ3n) is 6.71. The van der Waals surface area contributed by atoms with Crippen molar-refractivity contribution >= 4 is 11.9 Å². The lowest BCUT2D eigenvalue weighted by atomic mass is 10.1. The molecular weight excluding hydrogens is 484 g/mol. The lowest BCUT2D eigenvalue weighted by Crippen LogP contribution is -2.49. The number of methoxy groups -OCH3 is 3. The summed E-state index contributed by atoms with van der Waals surface area (Å²) in [6, 6.07) is 22.4. The molecule has 8 nitrogen and oxygen atoms in total. The first kappa shape index (κ1) is 27.2. The van der Waals surface area contributed by atoms with Gasteiger partial charge in [0.05, 0.1) is 45.2 Å². The number of amides is 1. The Bertz CT molecular complexity index is 1220. The second kappa shape index (κ2) is 13.1. The summed E-state index contributed by atoms with van der Waals surface area (Å²) in [5.74, 6) is 0.977. The van der Waals surface area contributed by atoms with E-state index in [1.54, 1.807) is 32.4 Å². The largest absolute Gasteiger partial charge is 0.497 e. The fourth-order valence-corrected chi connectivity index (χ4v) is 4.51. The first-order valence-corrected chi connectivity index (χ1v) is 12.6. The number of carbonyl (C=O) groups is 2. The minimum absolute atomic E-state index is 0.0157. The van der Waals surface area contributed by atoms with Gasteiger partial charge in [0.15, 0.2) is 0 Å². The molecule has 0 N–H and O–H groups in total. The molecule has 1 fully saturated rings. The topological polar surface area (TPSA) is 77.5 Å². The molecule has 0 bridgehead atoms. The van der Waals surface area contributed by atoms with Crippen LogP contribution in [0, 0.1) is 0 Å². The van der Waals surface area contributed by atoms with Gasteiger partial charge < -0.3 is 23.8 Å². The van der Waals surface area contributed by atoms with E-state index < -0.39 is 0 Å². The van der Waals surface area contributed by atoms with Gasteiger partial charge in [0.25, 0.3) is 5.91 Å². The first-order chi connectivity index (χ1) is 18.5. The molecule has 0 aliphatic carbocycles. The van der Waals surface area contributed by atoms with E-state index in [1.807, 2.05) is 59.5 Å². The highest BCUT2D eigenvalue weighted by molar-refractivity contribution is 5.97. The average molecular weight is 519 g/mol. The van der Waals surface area contributed by atoms with Crippen molar-refractivity contribution in [2.24, 2.45) is 0 Å². The molecule has 0 radical (unpaired) electrons. The standard InChI is InChI=1S/C30H34N2O6/c1-35-25-8-6-7-24(19-25)28(38-21-22-11-13-23(14-12-22)30(34)37-3)20-31-15-17-32(18-16-31)29(33)26-9-4-5-10-27(26)36-2/h4-14,19,28H,15-18,20-21H2,1-3H3. The number of carbonyl (C=O) groups excluding carboxylic acids is 2. The van der Waals surface area contributed by atoms with Crippen LogP contribution in [0.5, 0.6) is 11.5 Å². The molecule has 1 aliphatic rings. The minimum atomic E-state index is -0.366. The van der Waals surface area contributed by atoms with Crippen molar-refractivity contribution in [1.29, 1.82) is 0 Å². The van der Waals surface area contributed by atoms with Gasteiger partial charge in [-0.25, -0.2) is 4.79 Å². The van der Waals surface area contributed by atoms with E-state index in [0.717, 1.165) is 30.0 Å². The predicted molar refractivity (Wildman–Crippen MR) is 144 cm³/mol. The van der Waals surface area contributed by atoms with E-state index >= 15 is 0 Å². The molecule has 1 unspecified atom stereocenters. The zero-order valence-electron chi connectivity index (χ0n) is 22.1. The summed E-state index contributed by atoms with van der Waals surface area (Å²) in [5, 5.41) is 0. The third kappa shape index (κ3) is 6.70. The van der Waals surface area contributed by atoms with Crippen molar-refractivity contribution in [2.45, 2.75) is 12.7 Å². The van der Waals surface area contributed by atoms with Gasteiger partial charge in [0, 0.05) is 32.7 Å². The number of hydrogen-bond donors (Lipinski definition) is 0. The predicted octanol–water partition coefficient (Wildman–Crippen LogP) is 4.21. The number of ether oxygens (including phenoxy) is 4.